The van der Waals surface area contributed by atoms with Gasteiger partial charge in [0, 0.05) is 0 Å². The first kappa shape index (κ1) is 94.9. The van der Waals surface area contributed by atoms with Crippen LogP contribution >= 0.6 is 0 Å². The molecule has 0 aliphatic carbocycles. The molecular formula is H6NaO3+. The van der Waals surface area contributed by atoms with Gasteiger partial charge < -0.3 is 16.4 Å². The van der Waals surface area contributed by atoms with E-state index in [0.717, 1.165) is 0 Å². The van der Waals surface area contributed by atoms with Crippen molar-refractivity contribution in [3.8, 4) is 0 Å². The van der Waals surface area contributed by atoms with Crippen LogP contribution in [0.5, 0.6) is 0 Å². The van der Waals surface area contributed by atoms with Gasteiger partial charge in [0.1, 0.15) is 0 Å². The number of hydrogen-bond donors (Lipinski definition) is 0. The van der Waals surface area contributed by atoms with Crippen molar-refractivity contribution in [1.29, 1.82) is 0 Å². The number of hydrogen-bond acceptors (Lipinski definition) is 0. The van der Waals surface area contributed by atoms with Crippen molar-refractivity contribution in [2.75, 3.05) is 0 Å². The molecule has 0 aliphatic rings. The Labute approximate surface area is 46.2 Å². The first-order valence-corrected chi connectivity index (χ1v) is 0. The molecule has 0 rings (SSSR count). The van der Waals surface area contributed by atoms with Crippen molar-refractivity contribution in [3.63, 3.8) is 0 Å². The Morgan fingerprint density at radius 2 is 0.500 bits per heavy atom. The Bertz CT molecular complexity index is 3.25. The summed E-state index contributed by atoms with van der Waals surface area (Å²) < 4.78 is 0. The molecular weight excluding hydrogens is 71.0 g/mol. The molecule has 4 heavy (non-hydrogen) atoms. The van der Waals surface area contributed by atoms with Crippen LogP contribution < -0.4 is 29.6 Å². The Morgan fingerprint density at radius 1 is 0.500 bits per heavy atom. The van der Waals surface area contributed by atoms with Crippen LogP contribution in [0.4, 0.5) is 0 Å². The van der Waals surface area contributed by atoms with Crippen LogP contribution in [0.25, 0.3) is 0 Å². The molecule has 0 fully saturated rings. The largest absolute Gasteiger partial charge is 1.00 e. The van der Waals surface area contributed by atoms with E-state index >= 15 is 0 Å². The van der Waals surface area contributed by atoms with E-state index < -0.39 is 0 Å². The van der Waals surface area contributed by atoms with Crippen LogP contribution in [0.15, 0.2) is 0 Å². The van der Waals surface area contributed by atoms with Gasteiger partial charge >= 0.3 is 29.6 Å². The van der Waals surface area contributed by atoms with Crippen molar-refractivity contribution < 1.29 is 46.0 Å². The Balaban J connectivity index is 0. The minimum Gasteiger partial charge on any atom is -0.412 e. The maximum atomic E-state index is 0. The summed E-state index contributed by atoms with van der Waals surface area (Å²) in [4.78, 5) is 0. The average Bonchev–Trinajstić information content (AvgIpc) is 0. The van der Waals surface area contributed by atoms with E-state index in [-0.39, 0.29) is 46.0 Å². The monoisotopic (exact) mass is 77.0 g/mol. The molecule has 0 bridgehead atoms. The van der Waals surface area contributed by atoms with E-state index in [2.05, 4.69) is 0 Å². The van der Waals surface area contributed by atoms with Crippen LogP contribution in [-0.2, 0) is 0 Å². The molecule has 0 radical (unpaired) electrons. The second-order valence-corrected chi connectivity index (χ2v) is 0. The van der Waals surface area contributed by atoms with Crippen molar-refractivity contribution in [2.45, 2.75) is 0 Å². The van der Waals surface area contributed by atoms with Crippen molar-refractivity contribution in [1.82, 2.24) is 0 Å². The molecule has 0 aromatic carbocycles. The SMILES string of the molecule is O.O.O.[Na+]. The van der Waals surface area contributed by atoms with Crippen LogP contribution in [0, 0.1) is 0 Å². The van der Waals surface area contributed by atoms with E-state index in [0.29, 0.717) is 0 Å². The second-order valence-electron chi connectivity index (χ2n) is 0. The first-order chi connectivity index (χ1) is 0. The summed E-state index contributed by atoms with van der Waals surface area (Å²) in [6.45, 7) is 0. The molecule has 6 N–H and O–H groups in total. The topological polar surface area (TPSA) is 94.5 Å². The van der Waals surface area contributed by atoms with E-state index in [1.807, 2.05) is 0 Å². The molecule has 0 spiro atoms. The van der Waals surface area contributed by atoms with Crippen LogP contribution in [0.3, 0.4) is 0 Å². The van der Waals surface area contributed by atoms with Gasteiger partial charge in [-0.1, -0.05) is 0 Å². The zero-order chi connectivity index (χ0) is 0. The molecule has 0 saturated heterocycles. The van der Waals surface area contributed by atoms with Gasteiger partial charge in [-0.15, -0.1) is 0 Å². The van der Waals surface area contributed by atoms with E-state index in [4.69, 9.17) is 0 Å². The quantitative estimate of drug-likeness (QED) is 0.258. The predicted octanol–water partition coefficient (Wildman–Crippen LogP) is -5.47. The molecule has 24 valence electrons. The van der Waals surface area contributed by atoms with E-state index in [1.54, 1.807) is 0 Å². The number of rotatable bonds is 0. The summed E-state index contributed by atoms with van der Waals surface area (Å²) in [6.07, 6.45) is 0. The molecule has 4 heteroatoms. The maximum absolute atomic E-state index is 0. The molecule has 3 nitrogen and oxygen atoms in total. The minimum absolute atomic E-state index is 0. The fraction of sp³-hybridized carbons (Fsp3) is 0. The molecule has 0 amide bonds. The van der Waals surface area contributed by atoms with Gasteiger partial charge in [0.05, 0.1) is 0 Å². The summed E-state index contributed by atoms with van der Waals surface area (Å²) in [7, 11) is 0. The third kappa shape index (κ3) is 13.1. The molecule has 0 heterocycles. The van der Waals surface area contributed by atoms with Gasteiger partial charge in [-0.05, 0) is 0 Å². The maximum Gasteiger partial charge on any atom is 1.00 e. The minimum atomic E-state index is 0. The molecule has 0 saturated carbocycles. The van der Waals surface area contributed by atoms with Gasteiger partial charge in [-0.25, -0.2) is 0 Å². The third-order valence-corrected chi connectivity index (χ3v) is 0. The summed E-state index contributed by atoms with van der Waals surface area (Å²) in [5.41, 5.74) is 0. The first-order valence-electron chi connectivity index (χ1n) is 0. The third-order valence-electron chi connectivity index (χ3n) is 0. The van der Waals surface area contributed by atoms with Crippen molar-refractivity contribution in [3.05, 3.63) is 0 Å². The zero-order valence-corrected chi connectivity index (χ0v) is 4.50. The van der Waals surface area contributed by atoms with Gasteiger partial charge in [0.2, 0.25) is 0 Å². The van der Waals surface area contributed by atoms with Gasteiger partial charge in [-0.2, -0.15) is 0 Å². The molecule has 0 aliphatic heterocycles. The van der Waals surface area contributed by atoms with Gasteiger partial charge in [0.15, 0.2) is 0 Å². The summed E-state index contributed by atoms with van der Waals surface area (Å²) >= 11 is 0. The second kappa shape index (κ2) is 41.6. The van der Waals surface area contributed by atoms with Gasteiger partial charge in [0.25, 0.3) is 0 Å². The van der Waals surface area contributed by atoms with Gasteiger partial charge in [-0.3, -0.25) is 0 Å². The standard InChI is InChI=1S/Na.3H2O/h;3*1H2/q+1;;;. The molecule has 0 unspecified atom stereocenters. The summed E-state index contributed by atoms with van der Waals surface area (Å²) in [6, 6.07) is 0. The van der Waals surface area contributed by atoms with Crippen LogP contribution in [0.2, 0.25) is 0 Å². The zero-order valence-electron chi connectivity index (χ0n) is 2.50. The summed E-state index contributed by atoms with van der Waals surface area (Å²) in [5, 5.41) is 0. The van der Waals surface area contributed by atoms with Crippen molar-refractivity contribution >= 4 is 0 Å². The Morgan fingerprint density at radius 3 is 0.500 bits per heavy atom. The Kier molecular flexibility index (Phi) is 986. The normalized spacial score (nSPS) is 0. The van der Waals surface area contributed by atoms with E-state index in [9.17, 15) is 0 Å². The fourth-order valence-electron chi connectivity index (χ4n) is 0. The van der Waals surface area contributed by atoms with Crippen LogP contribution in [-0.4, -0.2) is 16.4 Å². The molecule has 0 atom stereocenters. The predicted molar refractivity (Wildman–Crippen MR) is 10.8 cm³/mol. The smallest absolute Gasteiger partial charge is 0.412 e. The van der Waals surface area contributed by atoms with Crippen LogP contribution in [0.1, 0.15) is 0 Å². The van der Waals surface area contributed by atoms with E-state index in [1.165, 1.54) is 0 Å². The molecule has 0 aromatic rings. The Hall–Kier alpha value is 0.880. The molecule has 0 aromatic heterocycles. The summed E-state index contributed by atoms with van der Waals surface area (Å²) in [5.74, 6) is 0. The van der Waals surface area contributed by atoms with Crippen molar-refractivity contribution in [2.24, 2.45) is 0 Å². The average molecular weight is 77.0 g/mol. The fourth-order valence-corrected chi connectivity index (χ4v) is 0.